The summed E-state index contributed by atoms with van der Waals surface area (Å²) in [5.74, 6) is -0.148. The molecular weight excluding hydrogens is 366 g/mol. The van der Waals surface area contributed by atoms with E-state index in [-0.39, 0.29) is 23.1 Å². The molecule has 0 bridgehead atoms. The molecule has 1 aliphatic heterocycles. The molecule has 9 heteroatoms. The molecule has 28 heavy (non-hydrogen) atoms. The summed E-state index contributed by atoms with van der Waals surface area (Å²) in [4.78, 5) is 42.8. The van der Waals surface area contributed by atoms with Crippen LogP contribution in [-0.2, 0) is 6.54 Å². The van der Waals surface area contributed by atoms with Gasteiger partial charge in [-0.1, -0.05) is 0 Å². The molecule has 0 fully saturated rings. The monoisotopic (exact) mass is 383 g/mol. The third-order valence-corrected chi connectivity index (χ3v) is 4.54. The molecule has 0 unspecified atom stereocenters. The highest BCUT2D eigenvalue weighted by Crippen LogP contribution is 2.34. The summed E-state index contributed by atoms with van der Waals surface area (Å²) in [5, 5.41) is 9.50. The zero-order valence-corrected chi connectivity index (χ0v) is 15.0. The standard InChI is InChI=1S/C19H17N3O6/c1-2-22-16-15(17(23)21-19(22)26)11(18(24)25)9-12(20-16)10-4-5-13-14(8-10)28-7-3-6-27-13/h4-5,8-9H,2-3,6-7H2,1H3,(H,24,25)(H,21,23,26). The van der Waals surface area contributed by atoms with Gasteiger partial charge in [0.25, 0.3) is 5.56 Å². The molecule has 2 N–H and O–H groups in total. The number of fused-ring (bicyclic) bond motifs is 2. The number of aromatic nitrogens is 3. The molecular formula is C19H17N3O6. The number of aryl methyl sites for hydroxylation is 1. The number of H-pyrrole nitrogens is 1. The molecule has 0 aliphatic carbocycles. The quantitative estimate of drug-likeness (QED) is 0.704. The van der Waals surface area contributed by atoms with Crippen LogP contribution in [-0.4, -0.2) is 38.8 Å². The topological polar surface area (TPSA) is 124 Å². The van der Waals surface area contributed by atoms with Crippen molar-refractivity contribution in [2.75, 3.05) is 13.2 Å². The molecule has 1 aromatic carbocycles. The first kappa shape index (κ1) is 17.8. The summed E-state index contributed by atoms with van der Waals surface area (Å²) >= 11 is 0. The maximum absolute atomic E-state index is 12.3. The highest BCUT2D eigenvalue weighted by molar-refractivity contribution is 6.02. The number of carboxylic acid groups (broad SMARTS) is 1. The number of aromatic amines is 1. The lowest BCUT2D eigenvalue weighted by Gasteiger charge is -2.12. The Kier molecular flexibility index (Phi) is 4.34. The van der Waals surface area contributed by atoms with E-state index in [1.807, 2.05) is 0 Å². The van der Waals surface area contributed by atoms with Gasteiger partial charge in [-0.3, -0.25) is 14.3 Å². The van der Waals surface area contributed by atoms with Gasteiger partial charge in [-0.25, -0.2) is 14.6 Å². The lowest BCUT2D eigenvalue weighted by Crippen LogP contribution is -2.31. The second-order valence-corrected chi connectivity index (χ2v) is 6.27. The number of hydrogen-bond donors (Lipinski definition) is 2. The van der Waals surface area contributed by atoms with Crippen LogP contribution in [0.3, 0.4) is 0 Å². The summed E-state index contributed by atoms with van der Waals surface area (Å²) in [6.07, 6.45) is 0.757. The molecule has 0 radical (unpaired) electrons. The van der Waals surface area contributed by atoms with Gasteiger partial charge in [0.05, 0.1) is 29.9 Å². The molecule has 2 aromatic heterocycles. The van der Waals surface area contributed by atoms with Crippen LogP contribution in [0.2, 0.25) is 0 Å². The maximum Gasteiger partial charge on any atom is 0.336 e. The zero-order chi connectivity index (χ0) is 19.8. The van der Waals surface area contributed by atoms with Gasteiger partial charge in [0.2, 0.25) is 0 Å². The highest BCUT2D eigenvalue weighted by Gasteiger charge is 2.20. The highest BCUT2D eigenvalue weighted by atomic mass is 16.5. The van der Waals surface area contributed by atoms with Crippen molar-refractivity contribution < 1.29 is 19.4 Å². The minimum Gasteiger partial charge on any atom is -0.490 e. The number of rotatable bonds is 3. The molecule has 1 aliphatic rings. The number of hydrogen-bond acceptors (Lipinski definition) is 6. The average molecular weight is 383 g/mol. The molecule has 0 atom stereocenters. The van der Waals surface area contributed by atoms with E-state index in [0.29, 0.717) is 36.0 Å². The Morgan fingerprint density at radius 2 is 1.96 bits per heavy atom. The number of carbonyl (C=O) groups is 1. The first-order valence-corrected chi connectivity index (χ1v) is 8.80. The summed E-state index contributed by atoms with van der Waals surface area (Å²) < 4.78 is 12.5. The number of benzene rings is 1. The second kappa shape index (κ2) is 6.84. The summed E-state index contributed by atoms with van der Waals surface area (Å²) in [7, 11) is 0. The van der Waals surface area contributed by atoms with Gasteiger partial charge < -0.3 is 14.6 Å². The number of carboxylic acids is 1. The van der Waals surface area contributed by atoms with E-state index < -0.39 is 17.2 Å². The third kappa shape index (κ3) is 2.90. The number of nitrogens with zero attached hydrogens (tertiary/aromatic N) is 2. The molecule has 0 saturated carbocycles. The zero-order valence-electron chi connectivity index (χ0n) is 15.0. The summed E-state index contributed by atoms with van der Waals surface area (Å²) in [5.41, 5.74) is -0.718. The van der Waals surface area contributed by atoms with E-state index >= 15 is 0 Å². The Morgan fingerprint density at radius 1 is 1.21 bits per heavy atom. The predicted octanol–water partition coefficient (Wildman–Crippen LogP) is 1.63. The Morgan fingerprint density at radius 3 is 2.68 bits per heavy atom. The number of ether oxygens (including phenoxy) is 2. The lowest BCUT2D eigenvalue weighted by molar-refractivity contribution is 0.0699. The molecule has 4 rings (SSSR count). The first-order valence-electron chi connectivity index (χ1n) is 8.80. The smallest absolute Gasteiger partial charge is 0.336 e. The third-order valence-electron chi connectivity index (χ3n) is 4.54. The van der Waals surface area contributed by atoms with Crippen LogP contribution < -0.4 is 20.7 Å². The Balaban J connectivity index is 2.01. The minimum absolute atomic E-state index is 0.0262. The van der Waals surface area contributed by atoms with Crippen molar-refractivity contribution >= 4 is 17.0 Å². The van der Waals surface area contributed by atoms with E-state index in [4.69, 9.17) is 9.47 Å². The van der Waals surface area contributed by atoms with Gasteiger partial charge >= 0.3 is 11.7 Å². The fraction of sp³-hybridized carbons (Fsp3) is 0.263. The SMILES string of the molecule is CCn1c(=O)[nH]c(=O)c2c(C(=O)O)cc(-c3ccc4c(c3)OCCCO4)nc21. The van der Waals surface area contributed by atoms with Crippen molar-refractivity contribution in [1.82, 2.24) is 14.5 Å². The molecule has 3 aromatic rings. The van der Waals surface area contributed by atoms with Crippen molar-refractivity contribution in [2.45, 2.75) is 19.9 Å². The van der Waals surface area contributed by atoms with Crippen molar-refractivity contribution in [3.63, 3.8) is 0 Å². The van der Waals surface area contributed by atoms with Crippen LogP contribution in [0, 0.1) is 0 Å². The van der Waals surface area contributed by atoms with Crippen LogP contribution in [0.5, 0.6) is 11.5 Å². The Labute approximate surface area is 158 Å². The second-order valence-electron chi connectivity index (χ2n) is 6.27. The van der Waals surface area contributed by atoms with Gasteiger partial charge in [0.1, 0.15) is 0 Å². The van der Waals surface area contributed by atoms with E-state index in [1.54, 1.807) is 25.1 Å². The van der Waals surface area contributed by atoms with Crippen LogP contribution >= 0.6 is 0 Å². The normalized spacial score (nSPS) is 13.3. The summed E-state index contributed by atoms with van der Waals surface area (Å²) in [6.45, 7) is 2.99. The maximum atomic E-state index is 12.3. The summed E-state index contributed by atoms with van der Waals surface area (Å²) in [6, 6.07) is 6.49. The Bertz CT molecular complexity index is 1210. The molecule has 0 spiro atoms. The Hall–Kier alpha value is -3.62. The van der Waals surface area contributed by atoms with Crippen molar-refractivity contribution in [3.05, 3.63) is 50.7 Å². The van der Waals surface area contributed by atoms with E-state index in [0.717, 1.165) is 6.42 Å². The van der Waals surface area contributed by atoms with Crippen LogP contribution in [0.1, 0.15) is 23.7 Å². The van der Waals surface area contributed by atoms with Crippen LogP contribution in [0.25, 0.3) is 22.3 Å². The molecule has 3 heterocycles. The van der Waals surface area contributed by atoms with Gasteiger partial charge in [0, 0.05) is 18.5 Å². The lowest BCUT2D eigenvalue weighted by atomic mass is 10.1. The average Bonchev–Trinajstić information content (AvgIpc) is 2.92. The fourth-order valence-electron chi connectivity index (χ4n) is 3.21. The van der Waals surface area contributed by atoms with E-state index in [2.05, 4.69) is 9.97 Å². The predicted molar refractivity (Wildman–Crippen MR) is 100 cm³/mol. The van der Waals surface area contributed by atoms with Gasteiger partial charge in [-0.15, -0.1) is 0 Å². The minimum atomic E-state index is -1.28. The van der Waals surface area contributed by atoms with Gasteiger partial charge in [-0.05, 0) is 31.2 Å². The van der Waals surface area contributed by atoms with Crippen LogP contribution in [0.4, 0.5) is 0 Å². The molecule has 0 saturated heterocycles. The van der Waals surface area contributed by atoms with Gasteiger partial charge in [0.15, 0.2) is 17.1 Å². The molecule has 0 amide bonds. The van der Waals surface area contributed by atoms with Crippen LogP contribution in [0.15, 0.2) is 33.9 Å². The van der Waals surface area contributed by atoms with Gasteiger partial charge in [-0.2, -0.15) is 0 Å². The fourth-order valence-corrected chi connectivity index (χ4v) is 3.21. The molecule has 9 nitrogen and oxygen atoms in total. The van der Waals surface area contributed by atoms with Crippen molar-refractivity contribution in [3.8, 4) is 22.8 Å². The number of pyridine rings is 1. The van der Waals surface area contributed by atoms with Crippen molar-refractivity contribution in [1.29, 1.82) is 0 Å². The van der Waals surface area contributed by atoms with E-state index in [1.165, 1.54) is 10.6 Å². The van der Waals surface area contributed by atoms with E-state index in [9.17, 15) is 19.5 Å². The molecule has 144 valence electrons. The number of aromatic carboxylic acids is 1. The first-order chi connectivity index (χ1) is 13.5. The van der Waals surface area contributed by atoms with Crippen molar-refractivity contribution in [2.24, 2.45) is 0 Å². The number of nitrogens with one attached hydrogen (secondary N) is 1. The largest absolute Gasteiger partial charge is 0.490 e.